The molecule has 0 bridgehead atoms. The van der Waals surface area contributed by atoms with Crippen LogP contribution in [0, 0.1) is 0 Å². The largest absolute Gasteiger partial charge is 0.467 e. The third kappa shape index (κ3) is 7.19. The average Bonchev–Trinajstić information content (AvgIpc) is 2.43. The summed E-state index contributed by atoms with van der Waals surface area (Å²) in [5.74, 6) is -0.789. The summed E-state index contributed by atoms with van der Waals surface area (Å²) in [5.41, 5.74) is 0. The zero-order valence-electron chi connectivity index (χ0n) is 12.7. The van der Waals surface area contributed by atoms with Crippen molar-refractivity contribution in [2.75, 3.05) is 0 Å². The van der Waals surface area contributed by atoms with E-state index < -0.39 is 5.79 Å². The zero-order chi connectivity index (χ0) is 14.6. The van der Waals surface area contributed by atoms with Crippen LogP contribution in [-0.2, 0) is 14.5 Å². The first-order chi connectivity index (χ1) is 9.17. The minimum absolute atomic E-state index is 0.0560. The van der Waals surface area contributed by atoms with E-state index in [0.717, 1.165) is 12.8 Å². The second-order valence-electron chi connectivity index (χ2n) is 4.31. The first-order valence-electron chi connectivity index (χ1n) is 7.09. The Balaban J connectivity index is 4.63. The highest BCUT2D eigenvalue weighted by molar-refractivity contribution is 4.86. The summed E-state index contributed by atoms with van der Waals surface area (Å²) in [5, 5.41) is 0. The molecule has 0 saturated carbocycles. The van der Waals surface area contributed by atoms with Gasteiger partial charge in [-0.1, -0.05) is 39.0 Å². The molecule has 19 heavy (non-hydrogen) atoms. The maximum Gasteiger partial charge on any atom is 0.243 e. The van der Waals surface area contributed by atoms with E-state index >= 15 is 0 Å². The van der Waals surface area contributed by atoms with Crippen molar-refractivity contribution in [1.29, 1.82) is 0 Å². The molecule has 0 fully saturated rings. The lowest BCUT2D eigenvalue weighted by Crippen LogP contribution is -2.34. The van der Waals surface area contributed by atoms with E-state index in [-0.39, 0.29) is 6.10 Å². The molecule has 0 rings (SSSR count). The summed E-state index contributed by atoms with van der Waals surface area (Å²) in [6.07, 6.45) is 12.3. The van der Waals surface area contributed by atoms with Crippen molar-refractivity contribution < 1.29 is 14.5 Å². The van der Waals surface area contributed by atoms with Gasteiger partial charge in [-0.05, 0) is 25.8 Å². The lowest BCUT2D eigenvalue weighted by molar-refractivity contribution is -0.431. The van der Waals surface area contributed by atoms with Crippen LogP contribution in [0.3, 0.4) is 0 Å². The molecular weight excluding hydrogens is 240 g/mol. The molecule has 2 unspecified atom stereocenters. The maximum atomic E-state index is 5.71. The van der Waals surface area contributed by atoms with Crippen molar-refractivity contribution >= 4 is 0 Å². The zero-order valence-corrected chi connectivity index (χ0v) is 12.7. The van der Waals surface area contributed by atoms with Crippen molar-refractivity contribution in [2.24, 2.45) is 0 Å². The van der Waals surface area contributed by atoms with Crippen LogP contribution in [0.5, 0.6) is 0 Å². The van der Waals surface area contributed by atoms with Crippen LogP contribution in [0.1, 0.15) is 53.4 Å². The van der Waals surface area contributed by atoms with Crippen LogP contribution in [0.4, 0.5) is 0 Å². The standard InChI is InChI=1S/C16H28O3/c1-6-11-14-17-16(10-5,13-8-3)19-18-15(9-4)12-7-2/h7-8,11-12,14-15H,3,6,9-10,13H2,1-2,4-5H3. The molecule has 0 spiro atoms. The fraction of sp³-hybridized carbons (Fsp3) is 0.625. The Morgan fingerprint density at radius 1 is 1.26 bits per heavy atom. The quantitative estimate of drug-likeness (QED) is 0.175. The highest BCUT2D eigenvalue weighted by Gasteiger charge is 2.31. The third-order valence-corrected chi connectivity index (χ3v) is 2.74. The van der Waals surface area contributed by atoms with Gasteiger partial charge in [0.15, 0.2) is 0 Å². The molecule has 0 aromatic carbocycles. The van der Waals surface area contributed by atoms with E-state index in [1.807, 2.05) is 39.0 Å². The van der Waals surface area contributed by atoms with E-state index in [1.165, 1.54) is 0 Å². The van der Waals surface area contributed by atoms with Gasteiger partial charge in [-0.3, -0.25) is 0 Å². The van der Waals surface area contributed by atoms with Gasteiger partial charge in [0, 0.05) is 12.8 Å². The number of ether oxygens (including phenoxy) is 1. The lowest BCUT2D eigenvalue weighted by atomic mass is 10.1. The normalized spacial score (nSPS) is 16.6. The van der Waals surface area contributed by atoms with Gasteiger partial charge in [0.05, 0.1) is 6.26 Å². The Bertz CT molecular complexity index is 284. The van der Waals surface area contributed by atoms with E-state index in [1.54, 1.807) is 12.3 Å². The summed E-state index contributed by atoms with van der Waals surface area (Å²) in [7, 11) is 0. The predicted octanol–water partition coefficient (Wildman–Crippen LogP) is 4.91. The van der Waals surface area contributed by atoms with Crippen molar-refractivity contribution in [3.05, 3.63) is 37.1 Å². The van der Waals surface area contributed by atoms with Crippen LogP contribution in [0.2, 0.25) is 0 Å². The fourth-order valence-corrected chi connectivity index (χ4v) is 1.48. The predicted molar refractivity (Wildman–Crippen MR) is 79.4 cm³/mol. The van der Waals surface area contributed by atoms with Crippen LogP contribution in [0.15, 0.2) is 37.1 Å². The average molecular weight is 268 g/mol. The molecule has 0 heterocycles. The van der Waals surface area contributed by atoms with Gasteiger partial charge in [0.25, 0.3) is 0 Å². The van der Waals surface area contributed by atoms with Crippen molar-refractivity contribution in [3.63, 3.8) is 0 Å². The molecule has 0 aromatic rings. The molecule has 3 heteroatoms. The van der Waals surface area contributed by atoms with Crippen LogP contribution in [-0.4, -0.2) is 11.9 Å². The molecular formula is C16H28O3. The Kier molecular flexibility index (Phi) is 10.2. The molecule has 3 nitrogen and oxygen atoms in total. The Morgan fingerprint density at radius 2 is 2.00 bits per heavy atom. The molecule has 0 aromatic heterocycles. The summed E-state index contributed by atoms with van der Waals surface area (Å²) in [4.78, 5) is 11.1. The summed E-state index contributed by atoms with van der Waals surface area (Å²) >= 11 is 0. The lowest BCUT2D eigenvalue weighted by Gasteiger charge is -2.30. The van der Waals surface area contributed by atoms with E-state index in [2.05, 4.69) is 13.5 Å². The second-order valence-corrected chi connectivity index (χ2v) is 4.31. The van der Waals surface area contributed by atoms with Crippen LogP contribution in [0.25, 0.3) is 0 Å². The van der Waals surface area contributed by atoms with Crippen molar-refractivity contribution in [3.8, 4) is 0 Å². The number of hydrogen-bond donors (Lipinski definition) is 0. The van der Waals surface area contributed by atoms with Crippen molar-refractivity contribution in [2.45, 2.75) is 65.3 Å². The Morgan fingerprint density at radius 3 is 2.47 bits per heavy atom. The van der Waals surface area contributed by atoms with Gasteiger partial charge in [0.2, 0.25) is 5.79 Å². The molecule has 0 aliphatic heterocycles. The highest BCUT2D eigenvalue weighted by Crippen LogP contribution is 2.25. The first-order valence-corrected chi connectivity index (χ1v) is 7.09. The number of rotatable bonds is 11. The maximum absolute atomic E-state index is 5.71. The molecule has 110 valence electrons. The summed E-state index contributed by atoms with van der Waals surface area (Å²) in [6.45, 7) is 11.8. The van der Waals surface area contributed by atoms with E-state index in [4.69, 9.17) is 14.5 Å². The molecule has 0 aliphatic carbocycles. The minimum Gasteiger partial charge on any atom is -0.467 e. The molecule has 0 radical (unpaired) electrons. The van der Waals surface area contributed by atoms with E-state index in [0.29, 0.717) is 12.8 Å². The highest BCUT2D eigenvalue weighted by atomic mass is 17.2. The van der Waals surface area contributed by atoms with Gasteiger partial charge in [-0.15, -0.1) is 6.58 Å². The monoisotopic (exact) mass is 268 g/mol. The third-order valence-electron chi connectivity index (χ3n) is 2.74. The Labute approximate surface area is 117 Å². The van der Waals surface area contributed by atoms with Crippen LogP contribution < -0.4 is 0 Å². The molecule has 0 amide bonds. The SMILES string of the molecule is C=CCC(CC)(OC=CCC)OOC(C=CC)CC. The minimum atomic E-state index is -0.789. The molecule has 0 saturated heterocycles. The molecule has 2 atom stereocenters. The second kappa shape index (κ2) is 10.8. The molecule has 0 aliphatic rings. The Hall–Kier alpha value is -1.06. The van der Waals surface area contributed by atoms with Gasteiger partial charge < -0.3 is 4.74 Å². The summed E-state index contributed by atoms with van der Waals surface area (Å²) < 4.78 is 5.71. The number of hydrogen-bond acceptors (Lipinski definition) is 3. The van der Waals surface area contributed by atoms with Crippen LogP contribution >= 0.6 is 0 Å². The van der Waals surface area contributed by atoms with Gasteiger partial charge in [0.1, 0.15) is 6.10 Å². The van der Waals surface area contributed by atoms with Gasteiger partial charge in [-0.25, -0.2) is 4.89 Å². The summed E-state index contributed by atoms with van der Waals surface area (Å²) in [6, 6.07) is 0. The molecule has 0 N–H and O–H groups in total. The fourth-order valence-electron chi connectivity index (χ4n) is 1.48. The topological polar surface area (TPSA) is 27.7 Å². The van der Waals surface area contributed by atoms with Gasteiger partial charge >= 0.3 is 0 Å². The van der Waals surface area contributed by atoms with Crippen molar-refractivity contribution in [1.82, 2.24) is 0 Å². The van der Waals surface area contributed by atoms with E-state index in [9.17, 15) is 0 Å². The first kappa shape index (κ1) is 17.9. The van der Waals surface area contributed by atoms with Gasteiger partial charge in [-0.2, -0.15) is 4.89 Å². The number of allylic oxidation sites excluding steroid dienone is 2. The smallest absolute Gasteiger partial charge is 0.243 e.